The van der Waals surface area contributed by atoms with Gasteiger partial charge in [0.25, 0.3) is 0 Å². The number of carbonyl (C=O) groups excluding carboxylic acids is 1. The lowest BCUT2D eigenvalue weighted by atomic mass is 10.1. The molecule has 1 aromatic heterocycles. The van der Waals surface area contributed by atoms with E-state index in [1.165, 1.54) is 0 Å². The molecule has 18 heavy (non-hydrogen) atoms. The SMILES string of the molecule is C[C@@H]1[C@H](C)N(C(=O)OC(C)(C)C)Cc2ccnn21. The monoisotopic (exact) mass is 251 g/mol. The van der Waals surface area contributed by atoms with E-state index in [-0.39, 0.29) is 18.2 Å². The van der Waals surface area contributed by atoms with Gasteiger partial charge in [-0.2, -0.15) is 5.10 Å². The smallest absolute Gasteiger partial charge is 0.410 e. The minimum atomic E-state index is -0.461. The molecular weight excluding hydrogens is 230 g/mol. The van der Waals surface area contributed by atoms with Crippen LogP contribution in [0.5, 0.6) is 0 Å². The highest BCUT2D eigenvalue weighted by Gasteiger charge is 2.34. The molecule has 1 aliphatic heterocycles. The van der Waals surface area contributed by atoms with Crippen LogP contribution in [-0.2, 0) is 11.3 Å². The molecule has 0 fully saturated rings. The molecular formula is C13H21N3O2. The number of nitrogens with zero attached hydrogens (tertiary/aromatic N) is 3. The summed E-state index contributed by atoms with van der Waals surface area (Å²) < 4.78 is 7.42. The lowest BCUT2D eigenvalue weighted by Gasteiger charge is -2.39. The van der Waals surface area contributed by atoms with Crippen LogP contribution in [0, 0.1) is 0 Å². The molecule has 1 aromatic rings. The molecule has 2 atom stereocenters. The zero-order chi connectivity index (χ0) is 13.5. The van der Waals surface area contributed by atoms with Crippen LogP contribution >= 0.6 is 0 Å². The Labute approximate surface area is 108 Å². The average Bonchev–Trinajstić information content (AvgIpc) is 2.68. The number of hydrogen-bond donors (Lipinski definition) is 0. The van der Waals surface area contributed by atoms with E-state index in [2.05, 4.69) is 12.0 Å². The second kappa shape index (κ2) is 4.30. The molecule has 0 aromatic carbocycles. The lowest BCUT2D eigenvalue weighted by Crippen LogP contribution is -2.48. The maximum Gasteiger partial charge on any atom is 0.410 e. The molecule has 5 heteroatoms. The van der Waals surface area contributed by atoms with Crippen molar-refractivity contribution in [1.29, 1.82) is 0 Å². The number of amides is 1. The Hall–Kier alpha value is -1.52. The highest BCUT2D eigenvalue weighted by atomic mass is 16.6. The largest absolute Gasteiger partial charge is 0.444 e. The number of hydrogen-bond acceptors (Lipinski definition) is 3. The number of carbonyl (C=O) groups is 1. The van der Waals surface area contributed by atoms with Gasteiger partial charge in [0.2, 0.25) is 0 Å². The minimum Gasteiger partial charge on any atom is -0.444 e. The summed E-state index contributed by atoms with van der Waals surface area (Å²) in [6.07, 6.45) is 1.52. The molecule has 2 rings (SSSR count). The standard InChI is InChI=1S/C13H21N3O2/c1-9-10(2)16-11(6-7-14-16)8-15(9)12(17)18-13(3,4)5/h6-7,9-10H,8H2,1-5H3/t9-,10+/m0/s1. The highest BCUT2D eigenvalue weighted by molar-refractivity contribution is 5.68. The molecule has 0 unspecified atom stereocenters. The van der Waals surface area contributed by atoms with Gasteiger partial charge in [0.05, 0.1) is 24.3 Å². The van der Waals surface area contributed by atoms with Gasteiger partial charge in [0.1, 0.15) is 5.60 Å². The molecule has 0 saturated carbocycles. The van der Waals surface area contributed by atoms with Gasteiger partial charge in [0, 0.05) is 6.20 Å². The Morgan fingerprint density at radius 2 is 2.06 bits per heavy atom. The van der Waals surface area contributed by atoms with E-state index >= 15 is 0 Å². The Kier molecular flexibility index (Phi) is 3.09. The fourth-order valence-electron chi connectivity index (χ4n) is 2.17. The summed E-state index contributed by atoms with van der Waals surface area (Å²) >= 11 is 0. The van der Waals surface area contributed by atoms with Crippen molar-refractivity contribution in [2.24, 2.45) is 0 Å². The first-order valence-corrected chi connectivity index (χ1v) is 6.31. The van der Waals surface area contributed by atoms with Crippen LogP contribution in [0.15, 0.2) is 12.3 Å². The van der Waals surface area contributed by atoms with Gasteiger partial charge in [-0.15, -0.1) is 0 Å². The van der Waals surface area contributed by atoms with Gasteiger partial charge in [-0.25, -0.2) is 4.79 Å². The highest BCUT2D eigenvalue weighted by Crippen LogP contribution is 2.27. The summed E-state index contributed by atoms with van der Waals surface area (Å²) in [7, 11) is 0. The first-order valence-electron chi connectivity index (χ1n) is 6.31. The van der Waals surface area contributed by atoms with E-state index in [0.29, 0.717) is 6.54 Å². The third kappa shape index (κ3) is 2.35. The Morgan fingerprint density at radius 3 is 2.67 bits per heavy atom. The predicted molar refractivity (Wildman–Crippen MR) is 68.2 cm³/mol. The van der Waals surface area contributed by atoms with Crippen LogP contribution in [0.1, 0.15) is 46.4 Å². The van der Waals surface area contributed by atoms with Gasteiger partial charge < -0.3 is 4.74 Å². The third-order valence-electron chi connectivity index (χ3n) is 3.29. The fraction of sp³-hybridized carbons (Fsp3) is 0.692. The van der Waals surface area contributed by atoms with E-state index in [9.17, 15) is 4.79 Å². The van der Waals surface area contributed by atoms with Crippen molar-refractivity contribution in [3.05, 3.63) is 18.0 Å². The van der Waals surface area contributed by atoms with Gasteiger partial charge in [-0.1, -0.05) is 0 Å². The summed E-state index contributed by atoms with van der Waals surface area (Å²) in [5.41, 5.74) is 0.587. The third-order valence-corrected chi connectivity index (χ3v) is 3.29. The molecule has 5 nitrogen and oxygen atoms in total. The zero-order valence-electron chi connectivity index (χ0n) is 11.7. The lowest BCUT2D eigenvalue weighted by molar-refractivity contribution is 0.00410. The van der Waals surface area contributed by atoms with E-state index in [0.717, 1.165) is 5.69 Å². The minimum absolute atomic E-state index is 0.0762. The maximum atomic E-state index is 12.2. The molecule has 0 radical (unpaired) electrons. The number of rotatable bonds is 0. The van der Waals surface area contributed by atoms with E-state index in [1.54, 1.807) is 11.1 Å². The van der Waals surface area contributed by atoms with Gasteiger partial charge >= 0.3 is 6.09 Å². The van der Waals surface area contributed by atoms with Crippen LogP contribution < -0.4 is 0 Å². The fourth-order valence-corrected chi connectivity index (χ4v) is 2.17. The van der Waals surface area contributed by atoms with E-state index < -0.39 is 5.60 Å². The molecule has 2 heterocycles. The second-order valence-corrected chi connectivity index (χ2v) is 5.86. The molecule has 1 amide bonds. The Morgan fingerprint density at radius 1 is 1.39 bits per heavy atom. The first-order chi connectivity index (χ1) is 8.29. The van der Waals surface area contributed by atoms with Crippen molar-refractivity contribution in [2.75, 3.05) is 0 Å². The van der Waals surface area contributed by atoms with Gasteiger partial charge in [-0.3, -0.25) is 9.58 Å². The summed E-state index contributed by atoms with van der Waals surface area (Å²) in [5.74, 6) is 0. The van der Waals surface area contributed by atoms with Crippen LogP contribution in [0.4, 0.5) is 4.79 Å². The number of aromatic nitrogens is 2. The van der Waals surface area contributed by atoms with Crippen molar-refractivity contribution < 1.29 is 9.53 Å². The number of fused-ring (bicyclic) bond motifs is 1. The normalized spacial score (nSPS) is 23.7. The second-order valence-electron chi connectivity index (χ2n) is 5.86. The van der Waals surface area contributed by atoms with E-state index in [4.69, 9.17) is 4.74 Å². The molecule has 0 bridgehead atoms. The van der Waals surface area contributed by atoms with Gasteiger partial charge in [-0.05, 0) is 40.7 Å². The molecule has 0 saturated heterocycles. The van der Waals surface area contributed by atoms with Crippen molar-refractivity contribution in [3.8, 4) is 0 Å². The molecule has 0 spiro atoms. The molecule has 1 aliphatic rings. The summed E-state index contributed by atoms with van der Waals surface area (Å²) in [4.78, 5) is 13.9. The van der Waals surface area contributed by atoms with Crippen LogP contribution in [0.3, 0.4) is 0 Å². The topological polar surface area (TPSA) is 47.4 Å². The Bertz CT molecular complexity index is 447. The van der Waals surface area contributed by atoms with Crippen LogP contribution in [-0.4, -0.2) is 32.4 Å². The summed E-state index contributed by atoms with van der Waals surface area (Å²) in [6.45, 7) is 10.3. The predicted octanol–water partition coefficient (Wildman–Crippen LogP) is 2.58. The van der Waals surface area contributed by atoms with Crippen molar-refractivity contribution >= 4 is 6.09 Å². The van der Waals surface area contributed by atoms with E-state index in [1.807, 2.05) is 38.4 Å². The summed E-state index contributed by atoms with van der Waals surface area (Å²) in [6, 6.07) is 2.18. The average molecular weight is 251 g/mol. The van der Waals surface area contributed by atoms with Crippen molar-refractivity contribution in [2.45, 2.75) is 58.8 Å². The zero-order valence-corrected chi connectivity index (χ0v) is 11.7. The van der Waals surface area contributed by atoms with Crippen LogP contribution in [0.2, 0.25) is 0 Å². The summed E-state index contributed by atoms with van der Waals surface area (Å²) in [5, 5.41) is 4.29. The molecule has 0 N–H and O–H groups in total. The van der Waals surface area contributed by atoms with Crippen molar-refractivity contribution in [3.63, 3.8) is 0 Å². The van der Waals surface area contributed by atoms with Crippen molar-refractivity contribution in [1.82, 2.24) is 14.7 Å². The van der Waals surface area contributed by atoms with Crippen LogP contribution in [0.25, 0.3) is 0 Å². The maximum absolute atomic E-state index is 12.2. The Balaban J connectivity index is 2.19. The first kappa shape index (κ1) is 12.9. The van der Waals surface area contributed by atoms with Gasteiger partial charge in [0.15, 0.2) is 0 Å². The quantitative estimate of drug-likeness (QED) is 0.712. The number of ether oxygens (including phenoxy) is 1. The molecule has 100 valence electrons. The molecule has 0 aliphatic carbocycles.